The zero-order valence-electron chi connectivity index (χ0n) is 12.4. The third-order valence-corrected chi connectivity index (χ3v) is 4.69. The van der Waals surface area contributed by atoms with Crippen molar-refractivity contribution in [3.63, 3.8) is 0 Å². The largest absolute Gasteiger partial charge is 0.478 e. The lowest BCUT2D eigenvalue weighted by molar-refractivity contribution is -0.385. The maximum absolute atomic E-state index is 12.6. The summed E-state index contributed by atoms with van der Waals surface area (Å²) in [6.07, 6.45) is 1.78. The Balaban J connectivity index is 2.52. The van der Waals surface area contributed by atoms with Gasteiger partial charge in [0.1, 0.15) is 4.90 Å². The summed E-state index contributed by atoms with van der Waals surface area (Å²) in [4.78, 5) is 20.4. The summed E-state index contributed by atoms with van der Waals surface area (Å²) in [5.74, 6) is -1.28. The Labute approximate surface area is 147 Å². The number of hydrogen-bond donors (Lipinski definition) is 2. The summed E-state index contributed by atoms with van der Waals surface area (Å²) >= 11 is 5.73. The molecule has 0 fully saturated rings. The highest BCUT2D eigenvalue weighted by Crippen LogP contribution is 2.26. The topological polar surface area (TPSA) is 127 Å². The van der Waals surface area contributed by atoms with E-state index in [-0.39, 0.29) is 11.3 Å². The molecule has 0 amide bonds. The Hall–Kier alpha value is -2.91. The van der Waals surface area contributed by atoms with Crippen molar-refractivity contribution < 1.29 is 23.2 Å². The molecule has 0 atom stereocenters. The minimum absolute atomic E-state index is 0.00513. The highest BCUT2D eigenvalue weighted by molar-refractivity contribution is 7.92. The number of benzene rings is 2. The zero-order valence-corrected chi connectivity index (χ0v) is 14.0. The summed E-state index contributed by atoms with van der Waals surface area (Å²) in [6.45, 7) is 0. The molecule has 130 valence electrons. The monoisotopic (exact) mass is 382 g/mol. The van der Waals surface area contributed by atoms with Crippen molar-refractivity contribution in [1.82, 2.24) is 0 Å². The third-order valence-electron chi connectivity index (χ3n) is 3.00. The summed E-state index contributed by atoms with van der Waals surface area (Å²) in [5.41, 5.74) is -0.248. The number of aliphatic carboxylic acids is 1. The van der Waals surface area contributed by atoms with Crippen LogP contribution < -0.4 is 4.72 Å². The van der Waals surface area contributed by atoms with Crippen molar-refractivity contribution in [2.24, 2.45) is 0 Å². The van der Waals surface area contributed by atoms with Crippen LogP contribution in [-0.2, 0) is 14.8 Å². The van der Waals surface area contributed by atoms with Crippen LogP contribution in [0.5, 0.6) is 0 Å². The van der Waals surface area contributed by atoms with E-state index in [1.54, 1.807) is 0 Å². The number of anilines is 1. The first kappa shape index (κ1) is 18.4. The number of halogens is 1. The molecule has 2 rings (SSSR count). The second-order valence-corrected chi connectivity index (χ2v) is 6.85. The Morgan fingerprint density at radius 1 is 1.20 bits per heavy atom. The van der Waals surface area contributed by atoms with Gasteiger partial charge in [0.25, 0.3) is 15.7 Å². The Morgan fingerprint density at radius 2 is 1.84 bits per heavy atom. The number of rotatable bonds is 6. The van der Waals surface area contributed by atoms with Crippen LogP contribution in [0.3, 0.4) is 0 Å². The van der Waals surface area contributed by atoms with E-state index in [1.165, 1.54) is 24.3 Å². The lowest BCUT2D eigenvalue weighted by Gasteiger charge is -2.10. The number of carbonyl (C=O) groups is 1. The highest BCUT2D eigenvalue weighted by Gasteiger charge is 2.21. The van der Waals surface area contributed by atoms with Gasteiger partial charge in [-0.05, 0) is 42.0 Å². The number of nitrogens with zero attached hydrogens (tertiary/aromatic N) is 1. The lowest BCUT2D eigenvalue weighted by atomic mass is 10.2. The molecule has 0 aromatic heterocycles. The standard InChI is InChI=1S/C15H11ClN2O6S/c16-11-3-5-12(6-4-11)17-25(23,24)14-9-13(18(21)22)7-1-10(14)2-8-15(19)20/h1-9,17H,(H,19,20)/b8-2+. The molecule has 2 aromatic rings. The molecule has 0 heterocycles. The third kappa shape index (κ3) is 4.78. The van der Waals surface area contributed by atoms with Crippen LogP contribution in [0, 0.1) is 10.1 Å². The van der Waals surface area contributed by atoms with Crippen molar-refractivity contribution in [2.75, 3.05) is 4.72 Å². The van der Waals surface area contributed by atoms with Crippen LogP contribution >= 0.6 is 11.6 Å². The summed E-state index contributed by atoms with van der Waals surface area (Å²) in [7, 11) is -4.20. The summed E-state index contributed by atoms with van der Waals surface area (Å²) in [5, 5.41) is 20.0. The van der Waals surface area contributed by atoms with Crippen molar-refractivity contribution in [3.8, 4) is 0 Å². The molecule has 2 N–H and O–H groups in total. The Kier molecular flexibility index (Phi) is 5.40. The van der Waals surface area contributed by atoms with Gasteiger partial charge in [-0.1, -0.05) is 11.6 Å². The van der Waals surface area contributed by atoms with E-state index in [0.717, 1.165) is 30.4 Å². The van der Waals surface area contributed by atoms with Crippen molar-refractivity contribution in [1.29, 1.82) is 0 Å². The number of carboxylic acids is 1. The maximum Gasteiger partial charge on any atom is 0.328 e. The van der Waals surface area contributed by atoms with Crippen LogP contribution in [0.15, 0.2) is 53.4 Å². The molecule has 0 aliphatic carbocycles. The van der Waals surface area contributed by atoms with Crippen molar-refractivity contribution in [2.45, 2.75) is 4.90 Å². The molecule has 0 bridgehead atoms. The minimum atomic E-state index is -4.20. The average molecular weight is 383 g/mol. The van der Waals surface area contributed by atoms with Gasteiger partial charge in [-0.15, -0.1) is 0 Å². The fraction of sp³-hybridized carbons (Fsp3) is 0. The Morgan fingerprint density at radius 3 is 2.40 bits per heavy atom. The number of carboxylic acid groups (broad SMARTS) is 1. The lowest BCUT2D eigenvalue weighted by Crippen LogP contribution is -2.14. The first-order chi connectivity index (χ1) is 11.7. The molecule has 0 saturated heterocycles. The molecule has 10 heteroatoms. The highest BCUT2D eigenvalue weighted by atomic mass is 35.5. The molecule has 25 heavy (non-hydrogen) atoms. The van der Waals surface area contributed by atoms with E-state index in [0.29, 0.717) is 5.02 Å². The van der Waals surface area contributed by atoms with Crippen LogP contribution in [0.25, 0.3) is 6.08 Å². The fourth-order valence-electron chi connectivity index (χ4n) is 1.90. The van der Waals surface area contributed by atoms with Gasteiger partial charge in [0.05, 0.1) is 4.92 Å². The van der Waals surface area contributed by atoms with Crippen LogP contribution in [0.1, 0.15) is 5.56 Å². The smallest absolute Gasteiger partial charge is 0.328 e. The number of nitrogens with one attached hydrogen (secondary N) is 1. The van der Waals surface area contributed by atoms with Gasteiger partial charge in [-0.25, -0.2) is 13.2 Å². The van der Waals surface area contributed by atoms with Gasteiger partial charge >= 0.3 is 5.97 Å². The van der Waals surface area contributed by atoms with E-state index >= 15 is 0 Å². The molecule has 0 unspecified atom stereocenters. The van der Waals surface area contributed by atoms with Gasteiger partial charge in [0.2, 0.25) is 0 Å². The molecule has 0 aliphatic rings. The van der Waals surface area contributed by atoms with Crippen LogP contribution in [-0.4, -0.2) is 24.4 Å². The van der Waals surface area contributed by atoms with Gasteiger partial charge in [-0.2, -0.15) is 0 Å². The van der Waals surface area contributed by atoms with E-state index in [2.05, 4.69) is 4.72 Å². The molecule has 8 nitrogen and oxygen atoms in total. The second-order valence-electron chi connectivity index (χ2n) is 4.76. The van der Waals surface area contributed by atoms with E-state index < -0.39 is 31.5 Å². The average Bonchev–Trinajstić information content (AvgIpc) is 2.54. The van der Waals surface area contributed by atoms with Crippen molar-refractivity contribution in [3.05, 3.63) is 69.2 Å². The van der Waals surface area contributed by atoms with E-state index in [1.807, 2.05) is 0 Å². The zero-order chi connectivity index (χ0) is 18.6. The van der Waals surface area contributed by atoms with Crippen molar-refractivity contribution >= 4 is 45.0 Å². The fourth-order valence-corrected chi connectivity index (χ4v) is 3.30. The van der Waals surface area contributed by atoms with Gasteiger partial charge < -0.3 is 5.11 Å². The molecule has 0 radical (unpaired) electrons. The number of nitro benzene ring substituents is 1. The predicted molar refractivity (Wildman–Crippen MR) is 92.0 cm³/mol. The number of hydrogen-bond acceptors (Lipinski definition) is 5. The molecule has 0 spiro atoms. The number of nitro groups is 1. The molecular formula is C15H11ClN2O6S. The van der Waals surface area contributed by atoms with Crippen LogP contribution in [0.4, 0.5) is 11.4 Å². The molecule has 2 aromatic carbocycles. The normalized spacial score (nSPS) is 11.4. The maximum atomic E-state index is 12.6. The molecule has 0 aliphatic heterocycles. The molecule has 0 saturated carbocycles. The number of non-ortho nitro benzene ring substituents is 1. The quantitative estimate of drug-likeness (QED) is 0.449. The van der Waals surface area contributed by atoms with E-state index in [9.17, 15) is 23.3 Å². The summed E-state index contributed by atoms with van der Waals surface area (Å²) < 4.78 is 27.4. The van der Waals surface area contributed by atoms with Gasteiger partial charge in [0, 0.05) is 28.9 Å². The van der Waals surface area contributed by atoms with E-state index in [4.69, 9.17) is 16.7 Å². The SMILES string of the molecule is O=C(O)/C=C/c1ccc([N+](=O)[O-])cc1S(=O)(=O)Nc1ccc(Cl)cc1. The molecular weight excluding hydrogens is 372 g/mol. The minimum Gasteiger partial charge on any atom is -0.478 e. The predicted octanol–water partition coefficient (Wildman–Crippen LogP) is 3.15. The first-order valence-corrected chi connectivity index (χ1v) is 8.53. The van der Waals surface area contributed by atoms with Gasteiger partial charge in [-0.3, -0.25) is 14.8 Å². The Bertz CT molecular complexity index is 954. The second kappa shape index (κ2) is 7.32. The summed E-state index contributed by atoms with van der Waals surface area (Å²) in [6, 6.07) is 8.89. The van der Waals surface area contributed by atoms with Gasteiger partial charge in [0.15, 0.2) is 0 Å². The first-order valence-electron chi connectivity index (χ1n) is 6.67. The van der Waals surface area contributed by atoms with Crippen LogP contribution in [0.2, 0.25) is 5.02 Å². The number of sulfonamides is 1.